The standard InChI is InChI=1S/C16H24BrN3O/c1-3-18-15(19-10-11-21-2)20-12-16(8-9-16)13-6-4-5-7-14(13)17/h4-7H,3,8-12H2,1-2H3,(H2,18,19,20). The van der Waals surface area contributed by atoms with Crippen LogP contribution in [0.25, 0.3) is 0 Å². The molecule has 0 aliphatic heterocycles. The van der Waals surface area contributed by atoms with Crippen molar-refractivity contribution in [1.82, 2.24) is 10.6 Å². The Hall–Kier alpha value is -1.07. The number of halogens is 1. The Labute approximate surface area is 135 Å². The van der Waals surface area contributed by atoms with Crippen molar-refractivity contribution in [3.8, 4) is 0 Å². The van der Waals surface area contributed by atoms with E-state index in [1.807, 2.05) is 0 Å². The monoisotopic (exact) mass is 353 g/mol. The molecule has 21 heavy (non-hydrogen) atoms. The number of guanidine groups is 1. The van der Waals surface area contributed by atoms with Crippen LogP contribution < -0.4 is 10.6 Å². The maximum Gasteiger partial charge on any atom is 0.191 e. The van der Waals surface area contributed by atoms with E-state index in [1.165, 1.54) is 22.9 Å². The van der Waals surface area contributed by atoms with E-state index in [9.17, 15) is 0 Å². The van der Waals surface area contributed by atoms with E-state index in [-0.39, 0.29) is 5.41 Å². The molecule has 0 heterocycles. The Balaban J connectivity index is 2.01. The van der Waals surface area contributed by atoms with E-state index in [4.69, 9.17) is 9.73 Å². The highest BCUT2D eigenvalue weighted by Gasteiger charge is 2.45. The first kappa shape index (κ1) is 16.3. The first-order valence-electron chi connectivity index (χ1n) is 7.48. The van der Waals surface area contributed by atoms with Gasteiger partial charge in [0, 0.05) is 30.1 Å². The van der Waals surface area contributed by atoms with Crippen molar-refractivity contribution in [2.24, 2.45) is 4.99 Å². The van der Waals surface area contributed by atoms with Crippen molar-refractivity contribution in [1.29, 1.82) is 0 Å². The van der Waals surface area contributed by atoms with E-state index in [1.54, 1.807) is 7.11 Å². The smallest absolute Gasteiger partial charge is 0.191 e. The molecule has 0 bridgehead atoms. The number of aliphatic imine (C=N–C) groups is 1. The summed E-state index contributed by atoms with van der Waals surface area (Å²) in [5.41, 5.74) is 1.59. The van der Waals surface area contributed by atoms with Gasteiger partial charge in [-0.3, -0.25) is 4.99 Å². The van der Waals surface area contributed by atoms with Crippen LogP contribution in [-0.2, 0) is 10.2 Å². The molecule has 0 amide bonds. The molecule has 2 N–H and O–H groups in total. The van der Waals surface area contributed by atoms with Crippen molar-refractivity contribution in [2.75, 3.05) is 33.4 Å². The molecular formula is C16H24BrN3O. The van der Waals surface area contributed by atoms with Gasteiger partial charge in [0.2, 0.25) is 0 Å². The van der Waals surface area contributed by atoms with E-state index in [2.05, 4.69) is 57.8 Å². The summed E-state index contributed by atoms with van der Waals surface area (Å²) in [5, 5.41) is 6.57. The van der Waals surface area contributed by atoms with Crippen LogP contribution in [0.4, 0.5) is 0 Å². The minimum atomic E-state index is 0.212. The molecule has 0 spiro atoms. The lowest BCUT2D eigenvalue weighted by Crippen LogP contribution is -2.39. The Bertz CT molecular complexity index is 486. The number of nitrogens with zero attached hydrogens (tertiary/aromatic N) is 1. The van der Waals surface area contributed by atoms with Gasteiger partial charge < -0.3 is 15.4 Å². The van der Waals surface area contributed by atoms with Gasteiger partial charge in [0.1, 0.15) is 0 Å². The van der Waals surface area contributed by atoms with E-state index in [0.29, 0.717) is 6.61 Å². The Morgan fingerprint density at radius 2 is 2.10 bits per heavy atom. The largest absolute Gasteiger partial charge is 0.383 e. The molecule has 0 aromatic heterocycles. The second-order valence-corrected chi connectivity index (χ2v) is 6.23. The number of rotatable bonds is 7. The molecule has 4 nitrogen and oxygen atoms in total. The zero-order chi connectivity index (χ0) is 15.1. The van der Waals surface area contributed by atoms with Crippen LogP contribution in [0.3, 0.4) is 0 Å². The SMILES string of the molecule is CCNC(=NCC1(c2ccccc2Br)CC1)NCCOC. The molecule has 116 valence electrons. The molecule has 1 aliphatic rings. The van der Waals surface area contributed by atoms with Crippen molar-refractivity contribution < 1.29 is 4.74 Å². The third-order valence-electron chi connectivity index (χ3n) is 3.78. The van der Waals surface area contributed by atoms with Crippen LogP contribution in [-0.4, -0.2) is 39.3 Å². The molecule has 2 rings (SSSR count). The fourth-order valence-electron chi connectivity index (χ4n) is 2.40. The van der Waals surface area contributed by atoms with Crippen molar-refractivity contribution in [2.45, 2.75) is 25.2 Å². The number of benzene rings is 1. The van der Waals surface area contributed by atoms with E-state index >= 15 is 0 Å². The molecule has 0 unspecified atom stereocenters. The third-order valence-corrected chi connectivity index (χ3v) is 4.47. The summed E-state index contributed by atoms with van der Waals surface area (Å²) in [4.78, 5) is 4.75. The average molecular weight is 354 g/mol. The lowest BCUT2D eigenvalue weighted by molar-refractivity contribution is 0.203. The minimum absolute atomic E-state index is 0.212. The van der Waals surface area contributed by atoms with Gasteiger partial charge in [-0.15, -0.1) is 0 Å². The first-order valence-corrected chi connectivity index (χ1v) is 8.27. The molecule has 1 aromatic carbocycles. The topological polar surface area (TPSA) is 45.7 Å². The lowest BCUT2D eigenvalue weighted by atomic mass is 9.96. The zero-order valence-electron chi connectivity index (χ0n) is 12.8. The molecule has 1 saturated carbocycles. The summed E-state index contributed by atoms with van der Waals surface area (Å²) in [6, 6.07) is 8.48. The molecule has 1 aliphatic carbocycles. The van der Waals surface area contributed by atoms with Gasteiger partial charge in [0.15, 0.2) is 5.96 Å². The molecule has 0 radical (unpaired) electrons. The zero-order valence-corrected chi connectivity index (χ0v) is 14.4. The van der Waals surface area contributed by atoms with Gasteiger partial charge >= 0.3 is 0 Å². The van der Waals surface area contributed by atoms with Crippen molar-refractivity contribution >= 4 is 21.9 Å². The summed E-state index contributed by atoms with van der Waals surface area (Å²) in [6.07, 6.45) is 2.41. The summed E-state index contributed by atoms with van der Waals surface area (Å²) in [5.74, 6) is 0.868. The maximum atomic E-state index is 5.06. The fourth-order valence-corrected chi connectivity index (χ4v) is 3.10. The summed E-state index contributed by atoms with van der Waals surface area (Å²) >= 11 is 3.66. The maximum absolute atomic E-state index is 5.06. The van der Waals surface area contributed by atoms with Gasteiger partial charge in [-0.2, -0.15) is 0 Å². The van der Waals surface area contributed by atoms with Crippen LogP contribution >= 0.6 is 15.9 Å². The Kier molecular flexibility index (Phi) is 6.06. The normalized spacial score (nSPS) is 16.6. The molecule has 0 saturated heterocycles. The molecule has 0 atom stereocenters. The molecule has 1 aromatic rings. The Morgan fingerprint density at radius 1 is 1.33 bits per heavy atom. The van der Waals surface area contributed by atoms with Gasteiger partial charge in [-0.1, -0.05) is 34.1 Å². The van der Waals surface area contributed by atoms with Crippen LogP contribution in [0.2, 0.25) is 0 Å². The Morgan fingerprint density at radius 3 is 2.71 bits per heavy atom. The number of hydrogen-bond donors (Lipinski definition) is 2. The van der Waals surface area contributed by atoms with Crippen LogP contribution in [0.15, 0.2) is 33.7 Å². The molecule has 1 fully saturated rings. The molecule has 5 heteroatoms. The van der Waals surface area contributed by atoms with Crippen LogP contribution in [0.1, 0.15) is 25.3 Å². The average Bonchev–Trinajstić information content (AvgIpc) is 3.26. The second kappa shape index (κ2) is 7.80. The van der Waals surface area contributed by atoms with E-state index < -0.39 is 0 Å². The highest BCUT2D eigenvalue weighted by atomic mass is 79.9. The third kappa shape index (κ3) is 4.45. The van der Waals surface area contributed by atoms with Gasteiger partial charge in [0.05, 0.1) is 13.2 Å². The summed E-state index contributed by atoms with van der Waals surface area (Å²) in [7, 11) is 1.71. The quantitative estimate of drug-likeness (QED) is 0.450. The van der Waals surface area contributed by atoms with Crippen molar-refractivity contribution in [3.05, 3.63) is 34.3 Å². The highest BCUT2D eigenvalue weighted by Crippen LogP contribution is 2.50. The van der Waals surface area contributed by atoms with Crippen LogP contribution in [0, 0.1) is 0 Å². The molecular weight excluding hydrogens is 330 g/mol. The van der Waals surface area contributed by atoms with Gasteiger partial charge in [-0.25, -0.2) is 0 Å². The predicted molar refractivity (Wildman–Crippen MR) is 90.9 cm³/mol. The number of methoxy groups -OCH3 is 1. The summed E-state index contributed by atoms with van der Waals surface area (Å²) < 4.78 is 6.25. The van der Waals surface area contributed by atoms with Crippen LogP contribution in [0.5, 0.6) is 0 Å². The van der Waals surface area contributed by atoms with Gasteiger partial charge in [-0.05, 0) is 31.4 Å². The fraction of sp³-hybridized carbons (Fsp3) is 0.562. The summed E-state index contributed by atoms with van der Waals surface area (Å²) in [6.45, 7) is 5.21. The first-order chi connectivity index (χ1) is 10.2. The minimum Gasteiger partial charge on any atom is -0.383 e. The predicted octanol–water partition coefficient (Wildman–Crippen LogP) is 2.68. The number of hydrogen-bond acceptors (Lipinski definition) is 2. The lowest BCUT2D eigenvalue weighted by Gasteiger charge is -2.17. The second-order valence-electron chi connectivity index (χ2n) is 5.37. The highest BCUT2D eigenvalue weighted by molar-refractivity contribution is 9.10. The number of ether oxygens (including phenoxy) is 1. The van der Waals surface area contributed by atoms with Crippen molar-refractivity contribution in [3.63, 3.8) is 0 Å². The van der Waals surface area contributed by atoms with E-state index in [0.717, 1.165) is 25.6 Å². The number of nitrogens with one attached hydrogen (secondary N) is 2. The van der Waals surface area contributed by atoms with Gasteiger partial charge in [0.25, 0.3) is 0 Å².